The predicted octanol–water partition coefficient (Wildman–Crippen LogP) is 3.73. The van der Waals surface area contributed by atoms with Crippen LogP contribution in [-0.2, 0) is 0 Å². The van der Waals surface area contributed by atoms with Gasteiger partial charge < -0.3 is 5.11 Å². The van der Waals surface area contributed by atoms with Crippen LogP contribution < -0.4 is 0 Å². The Morgan fingerprint density at radius 2 is 2.00 bits per heavy atom. The Hall–Kier alpha value is -1.61. The Kier molecular flexibility index (Phi) is 2.79. The summed E-state index contributed by atoms with van der Waals surface area (Å²) in [4.78, 5) is 11.8. The quantitative estimate of drug-likeness (QED) is 0.856. The molecule has 0 spiro atoms. The van der Waals surface area contributed by atoms with Crippen LogP contribution in [0.1, 0.15) is 21.5 Å². The van der Waals surface area contributed by atoms with Crippen LogP contribution in [-0.4, -0.2) is 11.1 Å². The van der Waals surface area contributed by atoms with Crippen LogP contribution in [0.15, 0.2) is 29.6 Å². The third-order valence-corrected chi connectivity index (χ3v) is 3.46. The molecule has 2 rings (SSSR count). The second-order valence-electron chi connectivity index (χ2n) is 3.82. The highest BCUT2D eigenvalue weighted by Crippen LogP contribution is 2.30. The van der Waals surface area contributed by atoms with E-state index in [4.69, 9.17) is 5.11 Å². The van der Waals surface area contributed by atoms with Crippen LogP contribution in [0, 0.1) is 13.8 Å². The van der Waals surface area contributed by atoms with Gasteiger partial charge in [-0.05, 0) is 31.0 Å². The van der Waals surface area contributed by atoms with E-state index in [1.54, 1.807) is 11.4 Å². The average Bonchev–Trinajstić information content (AvgIpc) is 2.66. The molecule has 2 nitrogen and oxygen atoms in total. The number of benzene rings is 1. The van der Waals surface area contributed by atoms with Gasteiger partial charge in [0.25, 0.3) is 0 Å². The highest BCUT2D eigenvalue weighted by Gasteiger charge is 2.09. The fraction of sp³-hybridized carbons (Fsp3) is 0.154. The minimum Gasteiger partial charge on any atom is -0.478 e. The van der Waals surface area contributed by atoms with Gasteiger partial charge in [-0.25, -0.2) is 4.79 Å². The lowest BCUT2D eigenvalue weighted by Crippen LogP contribution is -1.91. The van der Waals surface area contributed by atoms with E-state index in [0.717, 1.165) is 10.4 Å². The first-order valence-corrected chi connectivity index (χ1v) is 5.85. The van der Waals surface area contributed by atoms with Crippen molar-refractivity contribution in [2.75, 3.05) is 0 Å². The highest BCUT2D eigenvalue weighted by atomic mass is 32.1. The predicted molar refractivity (Wildman–Crippen MR) is 66.2 cm³/mol. The molecule has 0 saturated carbocycles. The number of rotatable bonds is 2. The maximum atomic E-state index is 10.8. The molecular formula is C13H12O2S. The third kappa shape index (κ3) is 1.99. The van der Waals surface area contributed by atoms with Crippen LogP contribution >= 0.6 is 11.3 Å². The SMILES string of the molecule is Cc1ccc(-c2cc(C(=O)O)cs2)c(C)c1. The van der Waals surface area contributed by atoms with E-state index in [2.05, 4.69) is 6.07 Å². The molecule has 3 heteroatoms. The molecule has 0 fully saturated rings. The first kappa shape index (κ1) is 10.9. The molecule has 0 saturated heterocycles. The molecule has 1 N–H and O–H groups in total. The molecule has 1 aromatic carbocycles. The van der Waals surface area contributed by atoms with Crippen molar-refractivity contribution < 1.29 is 9.90 Å². The van der Waals surface area contributed by atoms with Crippen LogP contribution in [0.5, 0.6) is 0 Å². The minimum absolute atomic E-state index is 0.361. The summed E-state index contributed by atoms with van der Waals surface area (Å²) in [7, 11) is 0. The smallest absolute Gasteiger partial charge is 0.336 e. The van der Waals surface area contributed by atoms with E-state index >= 15 is 0 Å². The lowest BCUT2D eigenvalue weighted by atomic mass is 10.0. The number of aromatic carboxylic acids is 1. The van der Waals surface area contributed by atoms with E-state index in [1.165, 1.54) is 22.5 Å². The maximum absolute atomic E-state index is 10.8. The summed E-state index contributed by atoms with van der Waals surface area (Å²) in [5.74, 6) is -0.868. The molecule has 0 radical (unpaired) electrons. The van der Waals surface area contributed by atoms with Crippen molar-refractivity contribution in [2.24, 2.45) is 0 Å². The number of hydrogen-bond donors (Lipinski definition) is 1. The van der Waals surface area contributed by atoms with Gasteiger partial charge in [0.05, 0.1) is 5.56 Å². The molecule has 16 heavy (non-hydrogen) atoms. The van der Waals surface area contributed by atoms with E-state index in [-0.39, 0.29) is 0 Å². The van der Waals surface area contributed by atoms with E-state index < -0.39 is 5.97 Å². The Morgan fingerprint density at radius 3 is 2.56 bits per heavy atom. The van der Waals surface area contributed by atoms with Crippen molar-refractivity contribution in [3.63, 3.8) is 0 Å². The molecule has 0 unspecified atom stereocenters. The zero-order valence-corrected chi connectivity index (χ0v) is 9.97. The molecule has 2 aromatic rings. The highest BCUT2D eigenvalue weighted by molar-refractivity contribution is 7.13. The van der Waals surface area contributed by atoms with Gasteiger partial charge in [0.2, 0.25) is 0 Å². The van der Waals surface area contributed by atoms with Crippen molar-refractivity contribution in [3.05, 3.63) is 46.3 Å². The first-order chi connectivity index (χ1) is 7.58. The molecule has 0 atom stereocenters. The summed E-state index contributed by atoms with van der Waals surface area (Å²) >= 11 is 1.47. The van der Waals surface area contributed by atoms with Crippen LogP contribution in [0.2, 0.25) is 0 Å². The topological polar surface area (TPSA) is 37.3 Å². The molecule has 0 aliphatic heterocycles. The number of carbonyl (C=O) groups is 1. The van der Waals surface area contributed by atoms with Gasteiger partial charge in [0, 0.05) is 10.3 Å². The maximum Gasteiger partial charge on any atom is 0.336 e. The number of aryl methyl sites for hydroxylation is 2. The van der Waals surface area contributed by atoms with Gasteiger partial charge in [-0.15, -0.1) is 11.3 Å². The second-order valence-corrected chi connectivity index (χ2v) is 4.73. The Balaban J connectivity index is 2.46. The van der Waals surface area contributed by atoms with E-state index in [1.807, 2.05) is 26.0 Å². The van der Waals surface area contributed by atoms with Gasteiger partial charge in [0.1, 0.15) is 0 Å². The zero-order valence-electron chi connectivity index (χ0n) is 9.15. The van der Waals surface area contributed by atoms with E-state index in [9.17, 15) is 4.79 Å². The van der Waals surface area contributed by atoms with Crippen LogP contribution in [0.25, 0.3) is 10.4 Å². The van der Waals surface area contributed by atoms with E-state index in [0.29, 0.717) is 5.56 Å². The van der Waals surface area contributed by atoms with Gasteiger partial charge in [0.15, 0.2) is 0 Å². The number of carboxylic acid groups (broad SMARTS) is 1. The molecule has 0 bridgehead atoms. The molecule has 0 aliphatic rings. The van der Waals surface area contributed by atoms with Crippen LogP contribution in [0.4, 0.5) is 0 Å². The molecular weight excluding hydrogens is 220 g/mol. The second kappa shape index (κ2) is 4.10. The summed E-state index contributed by atoms with van der Waals surface area (Å²) in [5, 5.41) is 10.5. The summed E-state index contributed by atoms with van der Waals surface area (Å²) < 4.78 is 0. The fourth-order valence-corrected chi connectivity index (χ4v) is 2.65. The minimum atomic E-state index is -0.868. The standard InChI is InChI=1S/C13H12O2S/c1-8-3-4-11(9(2)5-8)12-6-10(7-16-12)13(14)15/h3-7H,1-2H3,(H,14,15). The third-order valence-electron chi connectivity index (χ3n) is 2.49. The number of hydrogen-bond acceptors (Lipinski definition) is 2. The van der Waals surface area contributed by atoms with Crippen molar-refractivity contribution in [2.45, 2.75) is 13.8 Å². The van der Waals surface area contributed by atoms with Gasteiger partial charge in [-0.1, -0.05) is 23.8 Å². The van der Waals surface area contributed by atoms with Crippen molar-refractivity contribution in [3.8, 4) is 10.4 Å². The van der Waals surface area contributed by atoms with Crippen molar-refractivity contribution >= 4 is 17.3 Å². The van der Waals surface area contributed by atoms with Gasteiger partial charge in [-0.2, -0.15) is 0 Å². The van der Waals surface area contributed by atoms with Crippen molar-refractivity contribution in [1.29, 1.82) is 0 Å². The van der Waals surface area contributed by atoms with Gasteiger partial charge >= 0.3 is 5.97 Å². The molecule has 1 aromatic heterocycles. The Labute approximate surface area is 98.2 Å². The molecule has 1 heterocycles. The fourth-order valence-electron chi connectivity index (χ4n) is 1.68. The first-order valence-electron chi connectivity index (χ1n) is 4.97. The Bertz CT molecular complexity index is 541. The summed E-state index contributed by atoms with van der Waals surface area (Å²) in [6.45, 7) is 4.09. The van der Waals surface area contributed by atoms with Gasteiger partial charge in [-0.3, -0.25) is 0 Å². The molecule has 0 aliphatic carbocycles. The molecule has 82 valence electrons. The Morgan fingerprint density at radius 1 is 1.25 bits per heavy atom. The monoisotopic (exact) mass is 232 g/mol. The summed E-state index contributed by atoms with van der Waals surface area (Å²) in [6, 6.07) is 7.92. The number of thiophene rings is 1. The lowest BCUT2D eigenvalue weighted by molar-refractivity contribution is 0.0697. The lowest BCUT2D eigenvalue weighted by Gasteiger charge is -2.03. The summed E-state index contributed by atoms with van der Waals surface area (Å²) in [6.07, 6.45) is 0. The molecule has 0 amide bonds. The van der Waals surface area contributed by atoms with Crippen molar-refractivity contribution in [1.82, 2.24) is 0 Å². The normalized spacial score (nSPS) is 10.4. The largest absolute Gasteiger partial charge is 0.478 e. The average molecular weight is 232 g/mol. The summed E-state index contributed by atoms with van der Waals surface area (Å²) in [5.41, 5.74) is 3.87. The number of carboxylic acids is 1. The van der Waals surface area contributed by atoms with Crippen LogP contribution in [0.3, 0.4) is 0 Å². The zero-order chi connectivity index (χ0) is 11.7.